The van der Waals surface area contributed by atoms with Crippen molar-refractivity contribution in [3.63, 3.8) is 0 Å². The number of nitrogens with one attached hydrogen (secondary N) is 1. The lowest BCUT2D eigenvalue weighted by Gasteiger charge is -2.26. The highest BCUT2D eigenvalue weighted by atomic mass is 16.5. The number of piperidine rings is 1. The van der Waals surface area contributed by atoms with Crippen LogP contribution in [0.3, 0.4) is 0 Å². The number of carbonyl (C=O) groups excluding carboxylic acids is 1. The van der Waals surface area contributed by atoms with Crippen molar-refractivity contribution in [2.75, 3.05) is 31.6 Å². The second-order valence-electron chi connectivity index (χ2n) is 6.23. The molecule has 23 heavy (non-hydrogen) atoms. The highest BCUT2D eigenvalue weighted by Crippen LogP contribution is 2.18. The summed E-state index contributed by atoms with van der Waals surface area (Å²) in [6.07, 6.45) is 8.33. The van der Waals surface area contributed by atoms with Gasteiger partial charge in [-0.05, 0) is 37.8 Å². The Morgan fingerprint density at radius 2 is 2.00 bits per heavy atom. The Bertz CT molecular complexity index is 470. The van der Waals surface area contributed by atoms with Crippen molar-refractivity contribution in [1.82, 2.24) is 4.90 Å². The average Bonchev–Trinajstić information content (AvgIpc) is 2.60. The maximum absolute atomic E-state index is 12.2. The van der Waals surface area contributed by atoms with Crippen LogP contribution in [0.2, 0.25) is 0 Å². The summed E-state index contributed by atoms with van der Waals surface area (Å²) in [5.41, 5.74) is 0.946. The van der Waals surface area contributed by atoms with Gasteiger partial charge in [0.2, 0.25) is 5.91 Å². The molecular weight excluding hydrogens is 288 g/mol. The normalized spacial score (nSPS) is 14.6. The van der Waals surface area contributed by atoms with E-state index in [1.165, 1.54) is 25.7 Å². The third-order valence-electron chi connectivity index (χ3n) is 4.25. The van der Waals surface area contributed by atoms with Gasteiger partial charge in [0.1, 0.15) is 5.75 Å². The smallest absolute Gasteiger partial charge is 0.241 e. The van der Waals surface area contributed by atoms with Crippen molar-refractivity contribution in [2.45, 2.75) is 51.9 Å². The van der Waals surface area contributed by atoms with E-state index in [9.17, 15) is 4.79 Å². The second-order valence-corrected chi connectivity index (χ2v) is 6.23. The van der Waals surface area contributed by atoms with Crippen LogP contribution >= 0.6 is 0 Å². The molecule has 128 valence electrons. The van der Waals surface area contributed by atoms with Crippen LogP contribution in [0, 0.1) is 0 Å². The number of carbonyl (C=O) groups is 1. The molecule has 1 saturated heterocycles. The van der Waals surface area contributed by atoms with Gasteiger partial charge in [0.25, 0.3) is 0 Å². The molecule has 2 rings (SSSR count). The Morgan fingerprint density at radius 3 is 2.78 bits per heavy atom. The summed E-state index contributed by atoms with van der Waals surface area (Å²) in [7, 11) is 0. The van der Waals surface area contributed by atoms with Crippen molar-refractivity contribution >= 4 is 11.6 Å². The molecule has 0 aliphatic carbocycles. The van der Waals surface area contributed by atoms with Gasteiger partial charge in [0, 0.05) is 24.8 Å². The highest BCUT2D eigenvalue weighted by molar-refractivity contribution is 5.81. The lowest BCUT2D eigenvalue weighted by Crippen LogP contribution is -2.39. The second kappa shape index (κ2) is 10.1. The number of nitrogens with zero attached hydrogens (tertiary/aromatic N) is 1. The first-order valence-corrected chi connectivity index (χ1v) is 9.04. The number of ether oxygens (including phenoxy) is 1. The maximum Gasteiger partial charge on any atom is 0.241 e. The Morgan fingerprint density at radius 1 is 1.17 bits per heavy atom. The third-order valence-corrected chi connectivity index (χ3v) is 4.25. The number of hydrogen-bond donors (Lipinski definition) is 1. The zero-order valence-electron chi connectivity index (χ0n) is 14.4. The van der Waals surface area contributed by atoms with Gasteiger partial charge in [0.05, 0.1) is 13.2 Å². The van der Waals surface area contributed by atoms with Gasteiger partial charge in [-0.3, -0.25) is 4.79 Å². The summed E-state index contributed by atoms with van der Waals surface area (Å²) in [5.74, 6) is 1.06. The quantitative estimate of drug-likeness (QED) is 0.698. The number of anilines is 1. The van der Waals surface area contributed by atoms with Crippen molar-refractivity contribution in [2.24, 2.45) is 0 Å². The van der Waals surface area contributed by atoms with Gasteiger partial charge in [-0.2, -0.15) is 0 Å². The molecule has 0 unspecified atom stereocenters. The molecular formula is C19H30N2O2. The van der Waals surface area contributed by atoms with Crippen LogP contribution in [-0.2, 0) is 4.79 Å². The third kappa shape index (κ3) is 6.51. The fourth-order valence-corrected chi connectivity index (χ4v) is 2.85. The minimum atomic E-state index is 0.190. The molecule has 4 nitrogen and oxygen atoms in total. The fourth-order valence-electron chi connectivity index (χ4n) is 2.85. The van der Waals surface area contributed by atoms with Crippen LogP contribution in [0.5, 0.6) is 5.75 Å². The van der Waals surface area contributed by atoms with Gasteiger partial charge in [-0.25, -0.2) is 0 Å². The minimum Gasteiger partial charge on any atom is -0.494 e. The molecule has 0 spiro atoms. The number of amides is 1. The zero-order valence-corrected chi connectivity index (χ0v) is 14.4. The predicted molar refractivity (Wildman–Crippen MR) is 95.0 cm³/mol. The summed E-state index contributed by atoms with van der Waals surface area (Å²) < 4.78 is 5.78. The monoisotopic (exact) mass is 318 g/mol. The van der Waals surface area contributed by atoms with Gasteiger partial charge < -0.3 is 15.0 Å². The molecule has 1 aromatic rings. The Kier molecular flexibility index (Phi) is 7.78. The summed E-state index contributed by atoms with van der Waals surface area (Å²) in [6, 6.07) is 7.89. The van der Waals surface area contributed by atoms with E-state index in [1.807, 2.05) is 29.2 Å². The number of unbranched alkanes of at least 4 members (excludes halogenated alkanes) is 3. The van der Waals surface area contributed by atoms with Gasteiger partial charge >= 0.3 is 0 Å². The topological polar surface area (TPSA) is 41.6 Å². The van der Waals surface area contributed by atoms with Gasteiger partial charge in [-0.1, -0.05) is 32.3 Å². The number of rotatable bonds is 9. The minimum absolute atomic E-state index is 0.190. The van der Waals surface area contributed by atoms with Crippen LogP contribution in [0.1, 0.15) is 51.9 Å². The van der Waals surface area contributed by atoms with Crippen molar-refractivity contribution in [1.29, 1.82) is 0 Å². The molecule has 1 aliphatic heterocycles. The van der Waals surface area contributed by atoms with E-state index in [1.54, 1.807) is 0 Å². The average molecular weight is 318 g/mol. The summed E-state index contributed by atoms with van der Waals surface area (Å²) in [6.45, 7) is 5.14. The van der Waals surface area contributed by atoms with E-state index in [0.717, 1.165) is 50.4 Å². The van der Waals surface area contributed by atoms with Gasteiger partial charge in [0.15, 0.2) is 0 Å². The first-order chi connectivity index (χ1) is 11.3. The molecule has 0 bridgehead atoms. The Hall–Kier alpha value is -1.71. The molecule has 0 atom stereocenters. The molecule has 1 heterocycles. The molecule has 1 aliphatic rings. The molecule has 1 amide bonds. The molecule has 4 heteroatoms. The highest BCUT2D eigenvalue weighted by Gasteiger charge is 2.15. The Labute approximate surface area is 140 Å². The molecule has 1 fully saturated rings. The first-order valence-electron chi connectivity index (χ1n) is 9.04. The maximum atomic E-state index is 12.2. The lowest BCUT2D eigenvalue weighted by molar-refractivity contribution is -0.130. The van der Waals surface area contributed by atoms with E-state index >= 15 is 0 Å². The molecule has 1 aromatic carbocycles. The van der Waals surface area contributed by atoms with E-state index in [0.29, 0.717) is 6.54 Å². The van der Waals surface area contributed by atoms with Crippen molar-refractivity contribution in [3.8, 4) is 5.75 Å². The van der Waals surface area contributed by atoms with E-state index in [2.05, 4.69) is 12.2 Å². The SMILES string of the molecule is CCCCCCOc1cccc(NCC(=O)N2CCCCC2)c1. The van der Waals surface area contributed by atoms with E-state index in [4.69, 9.17) is 4.74 Å². The largest absolute Gasteiger partial charge is 0.494 e. The van der Waals surface area contributed by atoms with Crippen LogP contribution in [0.25, 0.3) is 0 Å². The Balaban J connectivity index is 1.72. The summed E-state index contributed by atoms with van der Waals surface area (Å²) in [4.78, 5) is 14.1. The van der Waals surface area contributed by atoms with Crippen LogP contribution in [-0.4, -0.2) is 37.0 Å². The summed E-state index contributed by atoms with van der Waals surface area (Å²) >= 11 is 0. The fraction of sp³-hybridized carbons (Fsp3) is 0.632. The number of likely N-dealkylation sites (tertiary alicyclic amines) is 1. The van der Waals surface area contributed by atoms with Gasteiger partial charge in [-0.15, -0.1) is 0 Å². The molecule has 0 saturated carbocycles. The van der Waals surface area contributed by atoms with Crippen LogP contribution < -0.4 is 10.1 Å². The summed E-state index contributed by atoms with van der Waals surface area (Å²) in [5, 5.41) is 3.22. The zero-order chi connectivity index (χ0) is 16.3. The number of benzene rings is 1. The van der Waals surface area contributed by atoms with E-state index in [-0.39, 0.29) is 5.91 Å². The van der Waals surface area contributed by atoms with Crippen LogP contribution in [0.15, 0.2) is 24.3 Å². The molecule has 0 aromatic heterocycles. The molecule has 1 N–H and O–H groups in total. The predicted octanol–water partition coefficient (Wildman–Crippen LogP) is 4.07. The van der Waals surface area contributed by atoms with E-state index < -0.39 is 0 Å². The van der Waals surface area contributed by atoms with Crippen molar-refractivity contribution in [3.05, 3.63) is 24.3 Å². The first kappa shape index (κ1) is 17.6. The lowest BCUT2D eigenvalue weighted by atomic mass is 10.1. The van der Waals surface area contributed by atoms with Crippen LogP contribution in [0.4, 0.5) is 5.69 Å². The van der Waals surface area contributed by atoms with Crippen molar-refractivity contribution < 1.29 is 9.53 Å². The number of hydrogen-bond acceptors (Lipinski definition) is 3. The standard InChI is InChI=1S/C19H30N2O2/c1-2-3-4-8-14-23-18-11-9-10-17(15-18)20-16-19(22)21-12-6-5-7-13-21/h9-11,15,20H,2-8,12-14,16H2,1H3. The molecule has 0 radical (unpaired) electrons.